The summed E-state index contributed by atoms with van der Waals surface area (Å²) in [5.74, 6) is -101. The molecule has 0 aliphatic rings. The van der Waals surface area contributed by atoms with Crippen LogP contribution in [0, 0.1) is 0 Å². The van der Waals surface area contributed by atoms with E-state index >= 15 is 0 Å². The fourth-order valence-corrected chi connectivity index (χ4v) is 2.59. The summed E-state index contributed by atoms with van der Waals surface area (Å²) >= 11 is 0. The molecule has 0 aliphatic heterocycles. The van der Waals surface area contributed by atoms with Crippen LogP contribution in [-0.2, 0) is 9.53 Å². The quantitative estimate of drug-likeness (QED) is 0.0944. The van der Waals surface area contributed by atoms with E-state index in [4.69, 9.17) is 0 Å². The lowest BCUT2D eigenvalue weighted by Crippen LogP contribution is -2.78. The molecule has 0 aliphatic carbocycles. The third-order valence-electron chi connectivity index (χ3n) is 5.54. The van der Waals surface area contributed by atoms with Crippen molar-refractivity contribution < 1.29 is 128 Å². The van der Waals surface area contributed by atoms with Gasteiger partial charge in [0.05, 0.1) is 13.0 Å². The smallest absolute Gasteiger partial charge is 0.422 e. The fraction of sp³-hybridized carbons (Fsp3) is 0.833. The van der Waals surface area contributed by atoms with Crippen LogP contribution in [0.2, 0.25) is 0 Å². The molecule has 29 heteroatoms. The SMILES string of the molecule is C=C(C(=O)OCCC(F)(F)C(F)(F)C(F)(F)C(F)(F)C(F)(F)C(F)(F)C(F)(F)C(F)(F)C(F)(F)C(F)(F)C(F)(F)C(F)F)C(F)(F)F. The van der Waals surface area contributed by atoms with Crippen molar-refractivity contribution in [2.24, 2.45) is 0 Å². The van der Waals surface area contributed by atoms with Crippen molar-refractivity contribution in [2.75, 3.05) is 6.61 Å². The molecular formula is C18H7F27O2. The highest BCUT2D eigenvalue weighted by Gasteiger charge is 2.98. The first kappa shape index (κ1) is 44.3. The van der Waals surface area contributed by atoms with Gasteiger partial charge >= 0.3 is 83.7 Å². The molecule has 0 rings (SSSR count). The van der Waals surface area contributed by atoms with Crippen LogP contribution >= 0.6 is 0 Å². The van der Waals surface area contributed by atoms with Gasteiger partial charge in [0.15, 0.2) is 0 Å². The maximum Gasteiger partial charge on any atom is 0.422 e. The first-order valence-corrected chi connectivity index (χ1v) is 10.4. The average Bonchev–Trinajstić information content (AvgIpc) is 2.85. The Hall–Kier alpha value is -2.68. The lowest BCUT2D eigenvalue weighted by Gasteiger charge is -2.45. The first-order chi connectivity index (χ1) is 20.0. The van der Waals surface area contributed by atoms with Crippen LogP contribution < -0.4 is 0 Å². The van der Waals surface area contributed by atoms with Crippen LogP contribution in [0.5, 0.6) is 0 Å². The highest BCUT2D eigenvalue weighted by atomic mass is 19.4. The van der Waals surface area contributed by atoms with E-state index in [0.717, 1.165) is 0 Å². The number of halogens is 27. The summed E-state index contributed by atoms with van der Waals surface area (Å²) in [5.41, 5.74) is -2.66. The van der Waals surface area contributed by atoms with E-state index in [2.05, 4.69) is 4.74 Å². The lowest BCUT2D eigenvalue weighted by molar-refractivity contribution is -0.476. The van der Waals surface area contributed by atoms with Crippen LogP contribution in [0.4, 0.5) is 119 Å². The van der Waals surface area contributed by atoms with Gasteiger partial charge in [-0.05, 0) is 0 Å². The molecule has 2 nitrogen and oxygen atoms in total. The van der Waals surface area contributed by atoms with Gasteiger partial charge in [0, 0.05) is 0 Å². The molecule has 0 heterocycles. The molecule has 0 saturated carbocycles. The molecule has 0 atom stereocenters. The molecule has 0 radical (unpaired) electrons. The molecule has 47 heavy (non-hydrogen) atoms. The third-order valence-corrected chi connectivity index (χ3v) is 5.54. The van der Waals surface area contributed by atoms with Crippen molar-refractivity contribution in [3.63, 3.8) is 0 Å². The Bertz CT molecular complexity index is 1160. The number of esters is 1. The normalized spacial score (nSPS) is 16.1. The van der Waals surface area contributed by atoms with Gasteiger partial charge in [-0.3, -0.25) is 0 Å². The largest absolute Gasteiger partial charge is 0.462 e. The van der Waals surface area contributed by atoms with E-state index < -0.39 is 102 Å². The van der Waals surface area contributed by atoms with Crippen molar-refractivity contribution in [2.45, 2.75) is 84.2 Å². The van der Waals surface area contributed by atoms with Gasteiger partial charge in [-0.15, -0.1) is 0 Å². The summed E-state index contributed by atoms with van der Waals surface area (Å²) < 4.78 is 362. The minimum atomic E-state index is -9.63. The highest BCUT2D eigenvalue weighted by Crippen LogP contribution is 2.67. The van der Waals surface area contributed by atoms with Crippen molar-refractivity contribution in [1.29, 1.82) is 0 Å². The Balaban J connectivity index is 6.93. The van der Waals surface area contributed by atoms with Gasteiger partial charge in [0.25, 0.3) is 0 Å². The average molecular weight is 768 g/mol. The predicted molar refractivity (Wildman–Crippen MR) is 91.2 cm³/mol. The van der Waals surface area contributed by atoms with E-state index in [-0.39, 0.29) is 0 Å². The van der Waals surface area contributed by atoms with Gasteiger partial charge < -0.3 is 4.74 Å². The Labute approximate surface area is 238 Å². The number of rotatable bonds is 15. The topological polar surface area (TPSA) is 26.3 Å². The zero-order valence-corrected chi connectivity index (χ0v) is 20.7. The zero-order chi connectivity index (χ0) is 38.9. The van der Waals surface area contributed by atoms with Gasteiger partial charge in [0.2, 0.25) is 0 Å². The van der Waals surface area contributed by atoms with Crippen LogP contribution in [0.1, 0.15) is 6.42 Å². The number of ether oxygens (including phenoxy) is 1. The Morgan fingerprint density at radius 3 is 0.979 bits per heavy atom. The maximum atomic E-state index is 13.8. The second-order valence-corrected chi connectivity index (χ2v) is 8.66. The van der Waals surface area contributed by atoms with E-state index in [1.54, 1.807) is 0 Å². The number of carbonyl (C=O) groups excluding carboxylic acids is 1. The van der Waals surface area contributed by atoms with Crippen molar-refractivity contribution in [1.82, 2.24) is 0 Å². The summed E-state index contributed by atoms with van der Waals surface area (Å²) in [4.78, 5) is 10.9. The molecule has 0 aromatic carbocycles. The molecule has 0 aromatic rings. The fourth-order valence-electron chi connectivity index (χ4n) is 2.59. The monoisotopic (exact) mass is 768 g/mol. The summed E-state index contributed by atoms with van der Waals surface area (Å²) in [6.45, 7) is -0.821. The summed E-state index contributed by atoms with van der Waals surface area (Å²) in [5, 5.41) is 0. The molecule has 0 bridgehead atoms. The lowest BCUT2D eigenvalue weighted by atomic mass is 9.84. The molecule has 0 amide bonds. The number of alkyl halides is 27. The minimum absolute atomic E-state index is 1.91. The standard InChI is InChI=1S/C18H7F27O2/c1-4(9(25,26)27)5(46)47-3-2-7(21,22)10(28,29)12(32,33)14(36,37)16(40,41)18(44,45)17(42,43)15(38,39)13(34,35)11(30,31)8(23,24)6(19)20/h6H,1-3H2. The van der Waals surface area contributed by atoms with Crippen LogP contribution in [0.15, 0.2) is 12.2 Å². The molecular weight excluding hydrogens is 761 g/mol. The first-order valence-electron chi connectivity index (χ1n) is 10.4. The van der Waals surface area contributed by atoms with Crippen molar-refractivity contribution >= 4 is 5.97 Å². The maximum absolute atomic E-state index is 13.8. The molecule has 0 N–H and O–H groups in total. The van der Waals surface area contributed by atoms with E-state index in [0.29, 0.717) is 0 Å². The predicted octanol–water partition coefficient (Wildman–Crippen LogP) is 9.29. The van der Waals surface area contributed by atoms with Crippen LogP contribution in [0.3, 0.4) is 0 Å². The van der Waals surface area contributed by atoms with E-state index in [1.807, 2.05) is 6.58 Å². The summed E-state index contributed by atoms with van der Waals surface area (Å²) in [6.07, 6.45) is -15.6. The Morgan fingerprint density at radius 1 is 0.468 bits per heavy atom. The number of hydrogen-bond donors (Lipinski definition) is 0. The van der Waals surface area contributed by atoms with Crippen LogP contribution in [-0.4, -0.2) is 90.3 Å². The Kier molecular flexibility index (Phi) is 11.1. The van der Waals surface area contributed by atoms with Crippen LogP contribution in [0.25, 0.3) is 0 Å². The number of carbonyl (C=O) groups is 1. The molecule has 280 valence electrons. The van der Waals surface area contributed by atoms with Crippen molar-refractivity contribution in [3.8, 4) is 0 Å². The Morgan fingerprint density at radius 2 is 0.723 bits per heavy atom. The molecule has 0 fully saturated rings. The minimum Gasteiger partial charge on any atom is -0.462 e. The highest BCUT2D eigenvalue weighted by molar-refractivity contribution is 5.89. The molecule has 0 aromatic heterocycles. The van der Waals surface area contributed by atoms with E-state index in [9.17, 15) is 123 Å². The van der Waals surface area contributed by atoms with E-state index in [1.165, 1.54) is 0 Å². The molecule has 0 spiro atoms. The van der Waals surface area contributed by atoms with Crippen molar-refractivity contribution in [3.05, 3.63) is 12.2 Å². The van der Waals surface area contributed by atoms with Gasteiger partial charge in [-0.25, -0.2) is 13.6 Å². The summed E-state index contributed by atoms with van der Waals surface area (Å²) in [6, 6.07) is 0. The van der Waals surface area contributed by atoms with Gasteiger partial charge in [-0.1, -0.05) is 6.58 Å². The third kappa shape index (κ3) is 6.08. The van der Waals surface area contributed by atoms with Gasteiger partial charge in [0.1, 0.15) is 5.57 Å². The molecule has 0 unspecified atom stereocenters. The molecule has 0 saturated heterocycles. The second kappa shape index (κ2) is 11.7. The zero-order valence-electron chi connectivity index (χ0n) is 20.7. The summed E-state index contributed by atoms with van der Waals surface area (Å²) in [7, 11) is 0. The van der Waals surface area contributed by atoms with Gasteiger partial charge in [-0.2, -0.15) is 110 Å². The second-order valence-electron chi connectivity index (χ2n) is 8.66. The number of hydrogen-bond acceptors (Lipinski definition) is 2.